The van der Waals surface area contributed by atoms with Gasteiger partial charge in [0.05, 0.1) is 22.5 Å². The van der Waals surface area contributed by atoms with E-state index in [1.807, 2.05) is 18.2 Å². The summed E-state index contributed by atoms with van der Waals surface area (Å²) in [7, 11) is 0. The molecule has 0 N–H and O–H groups in total. The fourth-order valence-electron chi connectivity index (χ4n) is 9.10. The number of rotatable bonds is 9. The second-order valence-corrected chi connectivity index (χ2v) is 14.8. The summed E-state index contributed by atoms with van der Waals surface area (Å²) >= 11 is 12.5. The Morgan fingerprint density at radius 3 is 2.59 bits per heavy atom. The fraction of sp³-hybridized carbons (Fsp3) is 0.474. The number of likely N-dealkylation sites (tertiary alicyclic amines) is 1. The third kappa shape index (κ3) is 5.50. The van der Waals surface area contributed by atoms with Gasteiger partial charge < -0.3 is 14.4 Å². The summed E-state index contributed by atoms with van der Waals surface area (Å²) in [5.41, 5.74) is 4.30. The van der Waals surface area contributed by atoms with Crippen LogP contribution in [0.2, 0.25) is 10.0 Å². The molecule has 1 amide bonds. The number of hydrogen-bond donors (Lipinski definition) is 0. The number of hydrogen-bond acceptors (Lipinski definition) is 5. The summed E-state index contributed by atoms with van der Waals surface area (Å²) in [5, 5.41) is 0.942. The van der Waals surface area contributed by atoms with Crippen molar-refractivity contribution in [2.45, 2.75) is 82.9 Å². The highest BCUT2D eigenvalue weighted by Gasteiger charge is 2.66. The maximum Gasteiger partial charge on any atom is 0.308 e. The SMILES string of the molecule is CC(=O)Oc1ccc2c3c1C[C@@H]1[C@@H]4CC[C@@H](N(CC(C)C)C(=O)Cc5ccc(Cl)c(Cl)c5)[C@H](O2)[C@]34CCN1CCc1ccccc1. The quantitative estimate of drug-likeness (QED) is 0.178. The van der Waals surface area contributed by atoms with Gasteiger partial charge in [-0.3, -0.25) is 14.5 Å². The molecule has 0 radical (unpaired) electrons. The molecule has 242 valence electrons. The first-order chi connectivity index (χ1) is 22.2. The van der Waals surface area contributed by atoms with Crippen molar-refractivity contribution in [1.29, 1.82) is 0 Å². The van der Waals surface area contributed by atoms with Crippen LogP contribution in [0.1, 0.15) is 62.3 Å². The number of carbonyl (C=O) groups is 2. The predicted molar refractivity (Wildman–Crippen MR) is 181 cm³/mol. The molecule has 4 aliphatic rings. The molecule has 5 atom stereocenters. The molecular formula is C38H42Cl2N2O4. The van der Waals surface area contributed by atoms with E-state index >= 15 is 0 Å². The molecule has 2 heterocycles. The second kappa shape index (κ2) is 12.5. The third-order valence-electron chi connectivity index (χ3n) is 10.8. The zero-order valence-electron chi connectivity index (χ0n) is 26.8. The van der Waals surface area contributed by atoms with Gasteiger partial charge in [0.25, 0.3) is 0 Å². The molecule has 2 bridgehead atoms. The van der Waals surface area contributed by atoms with Crippen LogP contribution < -0.4 is 9.47 Å². The zero-order chi connectivity index (χ0) is 32.2. The van der Waals surface area contributed by atoms with E-state index in [1.165, 1.54) is 18.1 Å². The molecule has 46 heavy (non-hydrogen) atoms. The van der Waals surface area contributed by atoms with Crippen molar-refractivity contribution in [1.82, 2.24) is 9.80 Å². The molecule has 1 saturated heterocycles. The Morgan fingerprint density at radius 2 is 1.85 bits per heavy atom. The van der Waals surface area contributed by atoms with Gasteiger partial charge in [-0.25, -0.2) is 0 Å². The van der Waals surface area contributed by atoms with Crippen molar-refractivity contribution in [3.8, 4) is 11.5 Å². The Balaban J connectivity index is 1.25. The highest BCUT2D eigenvalue weighted by atomic mass is 35.5. The van der Waals surface area contributed by atoms with E-state index in [1.54, 1.807) is 12.1 Å². The zero-order valence-corrected chi connectivity index (χ0v) is 28.3. The number of nitrogens with zero attached hydrogens (tertiary/aromatic N) is 2. The maximum absolute atomic E-state index is 14.2. The van der Waals surface area contributed by atoms with Crippen LogP contribution in [-0.2, 0) is 34.3 Å². The van der Waals surface area contributed by atoms with E-state index in [2.05, 4.69) is 54.0 Å². The molecule has 7 rings (SSSR count). The highest BCUT2D eigenvalue weighted by Crippen LogP contribution is 2.64. The lowest BCUT2D eigenvalue weighted by molar-refractivity contribution is -0.143. The number of ether oxygens (including phenoxy) is 2. The van der Waals surface area contributed by atoms with Gasteiger partial charge in [0.15, 0.2) is 0 Å². The summed E-state index contributed by atoms with van der Waals surface area (Å²) in [6.45, 7) is 8.41. The summed E-state index contributed by atoms with van der Waals surface area (Å²) in [6.07, 6.45) is 4.78. The highest BCUT2D eigenvalue weighted by molar-refractivity contribution is 6.42. The summed E-state index contributed by atoms with van der Waals surface area (Å²) in [4.78, 5) is 31.2. The average Bonchev–Trinajstić information content (AvgIpc) is 3.36. The van der Waals surface area contributed by atoms with Gasteiger partial charge in [0.2, 0.25) is 5.91 Å². The molecule has 1 spiro atoms. The lowest BCUT2D eigenvalue weighted by atomic mass is 9.50. The molecular weight excluding hydrogens is 619 g/mol. The van der Waals surface area contributed by atoms with Crippen molar-refractivity contribution in [3.05, 3.63) is 93.0 Å². The molecule has 0 unspecified atom stereocenters. The monoisotopic (exact) mass is 660 g/mol. The van der Waals surface area contributed by atoms with E-state index in [9.17, 15) is 9.59 Å². The molecule has 2 aliphatic heterocycles. The van der Waals surface area contributed by atoms with Gasteiger partial charge in [-0.2, -0.15) is 0 Å². The smallest absolute Gasteiger partial charge is 0.308 e. The Labute approximate surface area is 281 Å². The molecule has 3 aromatic rings. The molecule has 6 nitrogen and oxygen atoms in total. The first-order valence-electron chi connectivity index (χ1n) is 16.7. The molecule has 2 fully saturated rings. The van der Waals surface area contributed by atoms with Crippen LogP contribution in [0, 0.1) is 11.8 Å². The van der Waals surface area contributed by atoms with Gasteiger partial charge in [-0.1, -0.05) is 73.4 Å². The Hall–Kier alpha value is -3.06. The fourth-order valence-corrected chi connectivity index (χ4v) is 9.42. The first-order valence-corrected chi connectivity index (χ1v) is 17.4. The van der Waals surface area contributed by atoms with E-state index in [-0.39, 0.29) is 35.9 Å². The van der Waals surface area contributed by atoms with Crippen molar-refractivity contribution < 1.29 is 19.1 Å². The van der Waals surface area contributed by atoms with Crippen molar-refractivity contribution in [3.63, 3.8) is 0 Å². The number of piperidine rings is 1. The van der Waals surface area contributed by atoms with Crippen LogP contribution in [0.15, 0.2) is 60.7 Å². The van der Waals surface area contributed by atoms with Gasteiger partial charge >= 0.3 is 5.97 Å². The van der Waals surface area contributed by atoms with Crippen molar-refractivity contribution in [2.75, 3.05) is 19.6 Å². The Morgan fingerprint density at radius 1 is 1.04 bits per heavy atom. The first kappa shape index (κ1) is 31.5. The number of halogens is 2. The standard InChI is InChI=1S/C38H42Cl2N2O4/c1-23(2)22-42(35(44)20-26-9-11-29(39)30(40)19-26)31-12-10-28-32-21-27-33(45-24(3)43)13-14-34-36(27)38(28,37(31)46-34)16-18-41(32)17-15-25-7-5-4-6-8-25/h4-9,11,13-14,19,23,28,31-32,37H,10,12,15-18,20-22H2,1-3H3/t28-,31+,32+,37-,38-/m0/s1. The van der Waals surface area contributed by atoms with Crippen LogP contribution in [-0.4, -0.2) is 59.5 Å². The molecule has 1 saturated carbocycles. The van der Waals surface area contributed by atoms with Gasteiger partial charge in [0, 0.05) is 42.6 Å². The molecule has 8 heteroatoms. The van der Waals surface area contributed by atoms with Crippen LogP contribution in [0.5, 0.6) is 11.5 Å². The molecule has 3 aromatic carbocycles. The summed E-state index contributed by atoms with van der Waals surface area (Å²) in [6, 6.07) is 20.3. The summed E-state index contributed by atoms with van der Waals surface area (Å²) in [5.74, 6) is 2.01. The van der Waals surface area contributed by atoms with Gasteiger partial charge in [-0.15, -0.1) is 0 Å². The Bertz CT molecular complexity index is 1650. The largest absolute Gasteiger partial charge is 0.487 e. The van der Waals surface area contributed by atoms with Crippen molar-refractivity contribution in [2.24, 2.45) is 11.8 Å². The van der Waals surface area contributed by atoms with Gasteiger partial charge in [-0.05, 0) is 85.9 Å². The Kier molecular flexibility index (Phi) is 8.58. The number of benzene rings is 3. The van der Waals surface area contributed by atoms with E-state index in [0.29, 0.717) is 40.2 Å². The predicted octanol–water partition coefficient (Wildman–Crippen LogP) is 7.30. The van der Waals surface area contributed by atoms with Crippen LogP contribution in [0.25, 0.3) is 0 Å². The van der Waals surface area contributed by atoms with E-state index in [0.717, 1.165) is 62.1 Å². The van der Waals surface area contributed by atoms with Crippen LogP contribution >= 0.6 is 23.2 Å². The minimum Gasteiger partial charge on any atom is -0.487 e. The second-order valence-electron chi connectivity index (χ2n) is 14.0. The van der Waals surface area contributed by atoms with E-state index < -0.39 is 0 Å². The lowest BCUT2D eigenvalue weighted by Crippen LogP contribution is -2.69. The van der Waals surface area contributed by atoms with E-state index in [4.69, 9.17) is 32.7 Å². The molecule has 0 aromatic heterocycles. The van der Waals surface area contributed by atoms with Gasteiger partial charge in [0.1, 0.15) is 17.6 Å². The minimum absolute atomic E-state index is 0.0685. The number of carbonyl (C=O) groups excluding carboxylic acids is 2. The molecule has 2 aliphatic carbocycles. The van der Waals surface area contributed by atoms with Crippen molar-refractivity contribution >= 4 is 35.1 Å². The number of amides is 1. The third-order valence-corrected chi connectivity index (χ3v) is 11.5. The average molecular weight is 662 g/mol. The van der Waals surface area contributed by atoms with Crippen LogP contribution in [0.4, 0.5) is 0 Å². The lowest BCUT2D eigenvalue weighted by Gasteiger charge is -2.60. The van der Waals surface area contributed by atoms with Crippen LogP contribution in [0.3, 0.4) is 0 Å². The number of esters is 1. The maximum atomic E-state index is 14.2. The normalized spacial score (nSPS) is 26.0. The summed E-state index contributed by atoms with van der Waals surface area (Å²) < 4.78 is 12.9. The topological polar surface area (TPSA) is 59.1 Å². The minimum atomic E-state index is -0.310.